The molecule has 1 aromatic rings. The van der Waals surface area contributed by atoms with Crippen LogP contribution in [0.25, 0.3) is 0 Å². The fourth-order valence-electron chi connectivity index (χ4n) is 0.957. The van der Waals surface area contributed by atoms with E-state index in [9.17, 15) is 4.79 Å². The molecule has 0 saturated carbocycles. The lowest BCUT2D eigenvalue weighted by molar-refractivity contribution is -0.874. The van der Waals surface area contributed by atoms with Crippen molar-refractivity contribution in [2.45, 2.75) is 20.8 Å². The number of hydrogen-bond acceptors (Lipinski definition) is 3. The van der Waals surface area contributed by atoms with Crippen LogP contribution in [0.3, 0.4) is 0 Å². The average molecular weight is 246 g/mol. The van der Waals surface area contributed by atoms with Gasteiger partial charge in [-0.2, -0.15) is 4.79 Å². The second kappa shape index (κ2) is 7.06. The number of carbonyl (C=O) groups is 1. The maximum atomic E-state index is 11.2. The van der Waals surface area contributed by atoms with E-state index >= 15 is 0 Å². The third-order valence-electron chi connectivity index (χ3n) is 1.73. The molecule has 0 radical (unpaired) electrons. The molecule has 1 heterocycles. The molecular weight excluding hydrogens is 230 g/mol. The molecule has 4 nitrogen and oxygen atoms in total. The Morgan fingerprint density at radius 1 is 1.44 bits per heavy atom. The van der Waals surface area contributed by atoms with Gasteiger partial charge in [0.25, 0.3) is 0 Å². The van der Waals surface area contributed by atoms with Crippen LogP contribution in [0, 0.1) is 12.8 Å². The van der Waals surface area contributed by atoms with E-state index in [-0.39, 0.29) is 12.4 Å². The van der Waals surface area contributed by atoms with Crippen molar-refractivity contribution in [3.8, 4) is 0 Å². The number of nitrogens with zero attached hydrogens (tertiary/aromatic N) is 1. The summed E-state index contributed by atoms with van der Waals surface area (Å²) in [6.07, 6.45) is 0.981. The summed E-state index contributed by atoms with van der Waals surface area (Å²) in [6, 6.07) is 5.49. The van der Waals surface area contributed by atoms with Gasteiger partial charge in [0.1, 0.15) is 0 Å². The van der Waals surface area contributed by atoms with Crippen LogP contribution >= 0.6 is 0 Å². The number of ether oxygens (including phenoxy) is 1. The van der Waals surface area contributed by atoms with Crippen LogP contribution in [-0.2, 0) is 4.74 Å². The molecule has 0 amide bonds. The summed E-state index contributed by atoms with van der Waals surface area (Å²) in [5.41, 5.74) is 0.832. The van der Waals surface area contributed by atoms with Crippen LogP contribution < -0.4 is 22.0 Å². The summed E-state index contributed by atoms with van der Waals surface area (Å²) < 4.78 is 6.26. The quantitative estimate of drug-likeness (QED) is 0.481. The maximum Gasteiger partial charge on any atom is 0.572 e. The SMILES string of the molecule is Cc1cccc[n+]1OC(=O)OCC(C)C.[Cl-]. The number of pyridine rings is 1. The summed E-state index contributed by atoms with van der Waals surface area (Å²) in [6.45, 7) is 6.14. The zero-order chi connectivity index (χ0) is 11.3. The highest BCUT2D eigenvalue weighted by Gasteiger charge is 2.15. The molecule has 0 aliphatic heterocycles. The molecule has 0 fully saturated rings. The number of rotatable bonds is 3. The molecule has 0 spiro atoms. The van der Waals surface area contributed by atoms with E-state index in [2.05, 4.69) is 0 Å². The van der Waals surface area contributed by atoms with Gasteiger partial charge in [-0.15, -0.1) is 4.84 Å². The van der Waals surface area contributed by atoms with Gasteiger partial charge in [0, 0.05) is 23.8 Å². The lowest BCUT2D eigenvalue weighted by atomic mass is 10.2. The molecule has 0 atom stereocenters. The number of halogens is 1. The van der Waals surface area contributed by atoms with Crippen molar-refractivity contribution in [1.29, 1.82) is 0 Å². The van der Waals surface area contributed by atoms with Crippen molar-refractivity contribution >= 4 is 6.16 Å². The Kier molecular flexibility index (Phi) is 6.49. The molecule has 0 saturated heterocycles. The monoisotopic (exact) mass is 245 g/mol. The van der Waals surface area contributed by atoms with Crippen molar-refractivity contribution < 1.29 is 31.5 Å². The largest absolute Gasteiger partial charge is 1.00 e. The Morgan fingerprint density at radius 3 is 2.69 bits per heavy atom. The highest BCUT2D eigenvalue weighted by Crippen LogP contribution is 1.93. The smallest absolute Gasteiger partial charge is 0.572 e. The molecule has 90 valence electrons. The summed E-state index contributed by atoms with van der Waals surface area (Å²) in [5.74, 6) is 0.305. The van der Waals surface area contributed by atoms with Crippen molar-refractivity contribution in [2.75, 3.05) is 6.61 Å². The van der Waals surface area contributed by atoms with Crippen molar-refractivity contribution in [3.05, 3.63) is 30.1 Å². The van der Waals surface area contributed by atoms with E-state index in [1.165, 1.54) is 4.73 Å². The summed E-state index contributed by atoms with van der Waals surface area (Å²) in [4.78, 5) is 16.2. The van der Waals surface area contributed by atoms with E-state index < -0.39 is 6.16 Å². The zero-order valence-electron chi connectivity index (χ0n) is 9.64. The molecule has 0 aromatic carbocycles. The number of carbonyl (C=O) groups excluding carboxylic acids is 1. The minimum absolute atomic E-state index is 0. The first kappa shape index (κ1) is 14.7. The van der Waals surface area contributed by atoms with Gasteiger partial charge in [0.2, 0.25) is 11.9 Å². The highest BCUT2D eigenvalue weighted by atomic mass is 35.5. The topological polar surface area (TPSA) is 39.4 Å². The summed E-state index contributed by atoms with van der Waals surface area (Å²) in [7, 11) is 0. The summed E-state index contributed by atoms with van der Waals surface area (Å²) in [5, 5.41) is 0. The summed E-state index contributed by atoms with van der Waals surface area (Å²) >= 11 is 0. The lowest BCUT2D eigenvalue weighted by Crippen LogP contribution is -3.00. The lowest BCUT2D eigenvalue weighted by Gasteiger charge is -2.03. The van der Waals surface area contributed by atoms with Gasteiger partial charge in [-0.25, -0.2) is 0 Å². The molecule has 0 N–H and O–H groups in total. The molecular formula is C11H16ClNO3. The molecule has 0 aliphatic rings. The Balaban J connectivity index is 0.00000225. The normalized spacial score (nSPS) is 9.50. The molecule has 0 bridgehead atoms. The number of hydrogen-bond donors (Lipinski definition) is 0. The van der Waals surface area contributed by atoms with Gasteiger partial charge in [-0.1, -0.05) is 13.8 Å². The minimum atomic E-state index is -0.678. The van der Waals surface area contributed by atoms with Crippen LogP contribution in [0.15, 0.2) is 24.4 Å². The first-order chi connectivity index (χ1) is 7.09. The second-order valence-electron chi connectivity index (χ2n) is 3.71. The van der Waals surface area contributed by atoms with Gasteiger partial charge >= 0.3 is 6.16 Å². The predicted molar refractivity (Wildman–Crippen MR) is 54.1 cm³/mol. The molecule has 1 aromatic heterocycles. The van der Waals surface area contributed by atoms with Crippen molar-refractivity contribution in [1.82, 2.24) is 0 Å². The molecule has 0 aliphatic carbocycles. The van der Waals surface area contributed by atoms with Crippen LogP contribution in [0.1, 0.15) is 19.5 Å². The van der Waals surface area contributed by atoms with Crippen molar-refractivity contribution in [3.63, 3.8) is 0 Å². The van der Waals surface area contributed by atoms with Gasteiger partial charge < -0.3 is 17.1 Å². The average Bonchev–Trinajstić information content (AvgIpc) is 2.18. The molecule has 1 rings (SSSR count). The van der Waals surface area contributed by atoms with E-state index in [0.29, 0.717) is 12.5 Å². The number of aryl methyl sites for hydroxylation is 1. The molecule has 16 heavy (non-hydrogen) atoms. The first-order valence-electron chi connectivity index (χ1n) is 4.92. The van der Waals surface area contributed by atoms with Gasteiger partial charge in [0.15, 0.2) is 0 Å². The Bertz CT molecular complexity index is 342. The third kappa shape index (κ3) is 4.98. The second-order valence-corrected chi connectivity index (χ2v) is 3.71. The van der Waals surface area contributed by atoms with Crippen molar-refractivity contribution in [2.24, 2.45) is 5.92 Å². The maximum absolute atomic E-state index is 11.2. The van der Waals surface area contributed by atoms with Crippen LogP contribution in [-0.4, -0.2) is 12.8 Å². The van der Waals surface area contributed by atoms with Crippen LogP contribution in [0.2, 0.25) is 0 Å². The minimum Gasteiger partial charge on any atom is -1.00 e. The van der Waals surface area contributed by atoms with Gasteiger partial charge in [-0.3, -0.25) is 0 Å². The Morgan fingerprint density at radius 2 is 2.12 bits per heavy atom. The molecule has 5 heteroatoms. The van der Waals surface area contributed by atoms with E-state index in [1.54, 1.807) is 12.3 Å². The fourth-order valence-corrected chi connectivity index (χ4v) is 0.957. The zero-order valence-corrected chi connectivity index (χ0v) is 10.4. The Labute approximate surface area is 102 Å². The van der Waals surface area contributed by atoms with Crippen LogP contribution in [0.4, 0.5) is 4.79 Å². The van der Waals surface area contributed by atoms with E-state index in [0.717, 1.165) is 5.69 Å². The highest BCUT2D eigenvalue weighted by molar-refractivity contribution is 5.59. The van der Waals surface area contributed by atoms with E-state index in [1.807, 2.05) is 32.9 Å². The third-order valence-corrected chi connectivity index (χ3v) is 1.73. The van der Waals surface area contributed by atoms with Gasteiger partial charge in [0.05, 0.1) is 6.61 Å². The van der Waals surface area contributed by atoms with Gasteiger partial charge in [-0.05, 0) is 12.0 Å². The van der Waals surface area contributed by atoms with Crippen LogP contribution in [0.5, 0.6) is 0 Å². The first-order valence-corrected chi connectivity index (χ1v) is 4.92. The standard InChI is InChI=1S/C11H16NO3.ClH/c1-9(2)8-14-11(13)15-12-7-5-4-6-10(12)3;/h4-7,9H,8H2,1-3H3;1H/q+1;/p-1. The molecule has 0 unspecified atom stereocenters. The number of aromatic nitrogens is 1. The predicted octanol–water partition coefficient (Wildman–Crippen LogP) is -1.49. The Hall–Kier alpha value is -1.29. The van der Waals surface area contributed by atoms with E-state index in [4.69, 9.17) is 9.57 Å². The fraction of sp³-hybridized carbons (Fsp3) is 0.455.